The summed E-state index contributed by atoms with van der Waals surface area (Å²) in [6, 6.07) is 6.59. The molecule has 0 heterocycles. The second-order valence-electron chi connectivity index (χ2n) is 3.69. The molecule has 0 aromatic heterocycles. The van der Waals surface area contributed by atoms with Crippen LogP contribution in [0.25, 0.3) is 0 Å². The van der Waals surface area contributed by atoms with Crippen molar-refractivity contribution in [2.24, 2.45) is 0 Å². The number of hydrogen-bond acceptors (Lipinski definition) is 4. The predicted octanol–water partition coefficient (Wildman–Crippen LogP) is 2.23. The zero-order valence-corrected chi connectivity index (χ0v) is 11.0. The number of hydrogen-bond donors (Lipinski definition) is 1. The lowest BCUT2D eigenvalue weighted by molar-refractivity contribution is 0.0526. The Bertz CT molecular complexity index is 364. The van der Waals surface area contributed by atoms with E-state index in [1.165, 1.54) is 0 Å². The van der Waals surface area contributed by atoms with Gasteiger partial charge in [-0.1, -0.05) is 0 Å². The first-order valence-electron chi connectivity index (χ1n) is 5.81. The van der Waals surface area contributed by atoms with E-state index in [9.17, 15) is 9.90 Å². The van der Waals surface area contributed by atoms with Gasteiger partial charge in [0.25, 0.3) is 0 Å². The largest absolute Gasteiger partial charge is 0.491 e. The van der Waals surface area contributed by atoms with Gasteiger partial charge in [-0.05, 0) is 37.6 Å². The van der Waals surface area contributed by atoms with Crippen LogP contribution < -0.4 is 4.74 Å². The summed E-state index contributed by atoms with van der Waals surface area (Å²) in [7, 11) is 0. The first kappa shape index (κ1) is 14.8. The maximum absolute atomic E-state index is 11.4. The summed E-state index contributed by atoms with van der Waals surface area (Å²) >= 11 is 5.50. The fraction of sp³-hybridized carbons (Fsp3) is 0.462. The van der Waals surface area contributed by atoms with E-state index in [1.54, 1.807) is 31.2 Å². The molecule has 1 unspecified atom stereocenters. The van der Waals surface area contributed by atoms with Crippen LogP contribution in [0.1, 0.15) is 23.7 Å². The second-order valence-corrected chi connectivity index (χ2v) is 4.07. The monoisotopic (exact) mass is 272 g/mol. The van der Waals surface area contributed by atoms with Crippen molar-refractivity contribution in [2.75, 3.05) is 19.1 Å². The van der Waals surface area contributed by atoms with Crippen LogP contribution in [0.2, 0.25) is 0 Å². The normalized spacial score (nSPS) is 11.9. The number of rotatable bonds is 7. The van der Waals surface area contributed by atoms with Gasteiger partial charge in [-0.3, -0.25) is 0 Å². The van der Waals surface area contributed by atoms with Gasteiger partial charge in [0.2, 0.25) is 0 Å². The maximum Gasteiger partial charge on any atom is 0.338 e. The molecule has 0 aliphatic heterocycles. The van der Waals surface area contributed by atoms with Crippen molar-refractivity contribution >= 4 is 17.6 Å². The summed E-state index contributed by atoms with van der Waals surface area (Å²) in [5.41, 5.74) is 0.477. The molecule has 0 aliphatic rings. The van der Waals surface area contributed by atoms with Gasteiger partial charge in [-0.25, -0.2) is 4.79 Å². The van der Waals surface area contributed by atoms with E-state index in [2.05, 4.69) is 0 Å². The van der Waals surface area contributed by atoms with Crippen LogP contribution in [-0.2, 0) is 4.74 Å². The Kier molecular flexibility index (Phi) is 6.54. The van der Waals surface area contributed by atoms with Gasteiger partial charge >= 0.3 is 5.97 Å². The Morgan fingerprint density at radius 3 is 2.61 bits per heavy atom. The topological polar surface area (TPSA) is 55.8 Å². The van der Waals surface area contributed by atoms with Crippen LogP contribution in [0.3, 0.4) is 0 Å². The molecule has 18 heavy (non-hydrogen) atoms. The summed E-state index contributed by atoms with van der Waals surface area (Å²) in [5.74, 6) is 0.634. The van der Waals surface area contributed by atoms with Crippen LogP contribution in [-0.4, -0.2) is 36.3 Å². The zero-order valence-electron chi connectivity index (χ0n) is 10.3. The van der Waals surface area contributed by atoms with Crippen LogP contribution in [0, 0.1) is 0 Å². The van der Waals surface area contributed by atoms with Crippen molar-refractivity contribution in [3.05, 3.63) is 29.8 Å². The quantitative estimate of drug-likeness (QED) is 0.611. The van der Waals surface area contributed by atoms with Gasteiger partial charge in [0, 0.05) is 5.88 Å². The summed E-state index contributed by atoms with van der Waals surface area (Å²) in [5, 5.41) is 9.44. The Hall–Kier alpha value is -1.26. The molecule has 0 radical (unpaired) electrons. The SMILES string of the molecule is CCOC(=O)c1ccc(OCC(O)CCCl)cc1. The number of aliphatic hydroxyl groups is 1. The fourth-order valence-corrected chi connectivity index (χ4v) is 1.56. The lowest BCUT2D eigenvalue weighted by atomic mass is 10.2. The van der Waals surface area contributed by atoms with Crippen LogP contribution in [0.5, 0.6) is 5.75 Å². The Balaban J connectivity index is 2.47. The minimum absolute atomic E-state index is 0.186. The lowest BCUT2D eigenvalue weighted by Crippen LogP contribution is -2.17. The molecule has 0 bridgehead atoms. The number of aliphatic hydroxyl groups excluding tert-OH is 1. The van der Waals surface area contributed by atoms with E-state index in [1.807, 2.05) is 0 Å². The molecule has 5 heteroatoms. The Morgan fingerprint density at radius 1 is 1.39 bits per heavy atom. The average molecular weight is 273 g/mol. The molecule has 0 saturated heterocycles. The Morgan fingerprint density at radius 2 is 2.06 bits per heavy atom. The van der Waals surface area contributed by atoms with Crippen LogP contribution in [0.4, 0.5) is 0 Å². The molecule has 1 atom stereocenters. The number of ether oxygens (including phenoxy) is 2. The van der Waals surface area contributed by atoms with Crippen LogP contribution >= 0.6 is 11.6 Å². The molecule has 0 amide bonds. The molecule has 1 N–H and O–H groups in total. The molecule has 100 valence electrons. The molecular formula is C13H17ClO4. The highest BCUT2D eigenvalue weighted by Gasteiger charge is 2.07. The summed E-state index contributed by atoms with van der Waals surface area (Å²) < 4.78 is 10.2. The molecule has 0 spiro atoms. The van der Waals surface area contributed by atoms with E-state index in [4.69, 9.17) is 21.1 Å². The van der Waals surface area contributed by atoms with E-state index < -0.39 is 6.10 Å². The number of alkyl halides is 1. The number of esters is 1. The molecule has 1 rings (SSSR count). The third-order valence-electron chi connectivity index (χ3n) is 2.25. The highest BCUT2D eigenvalue weighted by Crippen LogP contribution is 2.13. The molecule has 0 aliphatic carbocycles. The number of carbonyl (C=O) groups is 1. The van der Waals surface area contributed by atoms with Crippen molar-refractivity contribution in [1.29, 1.82) is 0 Å². The minimum Gasteiger partial charge on any atom is -0.491 e. The molecule has 0 saturated carbocycles. The highest BCUT2D eigenvalue weighted by atomic mass is 35.5. The summed E-state index contributed by atoms with van der Waals surface area (Å²) in [6.45, 7) is 2.29. The number of benzene rings is 1. The van der Waals surface area contributed by atoms with Gasteiger partial charge < -0.3 is 14.6 Å². The molecule has 0 fully saturated rings. The van der Waals surface area contributed by atoms with Crippen molar-refractivity contribution in [3.63, 3.8) is 0 Å². The van der Waals surface area contributed by atoms with Crippen molar-refractivity contribution in [2.45, 2.75) is 19.4 Å². The highest BCUT2D eigenvalue weighted by molar-refractivity contribution is 6.17. The van der Waals surface area contributed by atoms with Gasteiger partial charge in [0.05, 0.1) is 18.3 Å². The smallest absolute Gasteiger partial charge is 0.338 e. The van der Waals surface area contributed by atoms with Gasteiger partial charge in [-0.2, -0.15) is 0 Å². The number of carbonyl (C=O) groups excluding carboxylic acids is 1. The first-order chi connectivity index (χ1) is 8.67. The average Bonchev–Trinajstić information content (AvgIpc) is 2.37. The lowest BCUT2D eigenvalue weighted by Gasteiger charge is -2.11. The third kappa shape index (κ3) is 4.94. The van der Waals surface area contributed by atoms with E-state index >= 15 is 0 Å². The van der Waals surface area contributed by atoms with Gasteiger partial charge in [-0.15, -0.1) is 11.6 Å². The summed E-state index contributed by atoms with van der Waals surface area (Å²) in [6.07, 6.45) is -0.0881. The zero-order chi connectivity index (χ0) is 13.4. The summed E-state index contributed by atoms with van der Waals surface area (Å²) in [4.78, 5) is 11.4. The molecule has 1 aromatic rings. The standard InChI is InChI=1S/C13H17ClO4/c1-2-17-13(16)10-3-5-12(6-4-10)18-9-11(15)7-8-14/h3-6,11,15H,2,7-9H2,1H3. The van der Waals surface area contributed by atoms with Crippen LogP contribution in [0.15, 0.2) is 24.3 Å². The second kappa shape index (κ2) is 7.95. The van der Waals surface area contributed by atoms with E-state index in [-0.39, 0.29) is 12.6 Å². The first-order valence-corrected chi connectivity index (χ1v) is 6.34. The minimum atomic E-state index is -0.577. The fourth-order valence-electron chi connectivity index (χ4n) is 1.30. The van der Waals surface area contributed by atoms with Crippen molar-refractivity contribution in [3.8, 4) is 5.75 Å². The molecule has 1 aromatic carbocycles. The maximum atomic E-state index is 11.4. The van der Waals surface area contributed by atoms with Gasteiger partial charge in [0.15, 0.2) is 0 Å². The molecule has 4 nitrogen and oxygen atoms in total. The predicted molar refractivity (Wildman–Crippen MR) is 69.2 cm³/mol. The number of halogens is 1. The van der Waals surface area contributed by atoms with Gasteiger partial charge in [0.1, 0.15) is 12.4 Å². The van der Waals surface area contributed by atoms with E-state index in [0.29, 0.717) is 30.2 Å². The Labute approximate surface area is 111 Å². The van der Waals surface area contributed by atoms with Crippen molar-refractivity contribution < 1.29 is 19.4 Å². The van der Waals surface area contributed by atoms with Crippen molar-refractivity contribution in [1.82, 2.24) is 0 Å². The molecular weight excluding hydrogens is 256 g/mol. The van der Waals surface area contributed by atoms with E-state index in [0.717, 1.165) is 0 Å². The third-order valence-corrected chi connectivity index (χ3v) is 2.47.